The molecule has 2 atom stereocenters. The summed E-state index contributed by atoms with van der Waals surface area (Å²) in [4.78, 5) is 51.8. The number of aromatic amines is 2. The number of nitrogens with one attached hydrogen (secondary N) is 4. The van der Waals surface area contributed by atoms with Crippen molar-refractivity contribution < 1.29 is 37.8 Å². The van der Waals surface area contributed by atoms with Crippen molar-refractivity contribution in [1.82, 2.24) is 30.2 Å². The zero-order valence-corrected chi connectivity index (χ0v) is 33.4. The van der Waals surface area contributed by atoms with E-state index in [2.05, 4.69) is 31.0 Å². The first kappa shape index (κ1) is 44.0. The van der Waals surface area contributed by atoms with Crippen molar-refractivity contribution in [3.8, 4) is 22.5 Å². The Bertz CT molecular complexity index is 2520. The lowest BCUT2D eigenvalue weighted by atomic mass is 10.1. The monoisotopic (exact) mass is 836 g/mol. The fraction of sp³-hybridized carbons (Fsp3) is 0.333. The van der Waals surface area contributed by atoms with Crippen molar-refractivity contribution in [2.24, 2.45) is 11.8 Å². The molecule has 0 aliphatic carbocycles. The van der Waals surface area contributed by atoms with Crippen LogP contribution < -0.4 is 10.6 Å². The lowest BCUT2D eigenvalue weighted by Gasteiger charge is -2.22. The third-order valence-electron chi connectivity index (χ3n) is 10.3. The number of aromatic nitrogens is 4. The van der Waals surface area contributed by atoms with Crippen LogP contribution in [0.25, 0.3) is 44.3 Å². The number of ether oxygens (including phenoxy) is 1. The third-order valence-corrected chi connectivity index (χ3v) is 10.3. The van der Waals surface area contributed by atoms with E-state index in [0.717, 1.165) is 38.6 Å². The molecule has 5 N–H and O–H groups in total. The van der Waals surface area contributed by atoms with E-state index in [9.17, 15) is 28.0 Å². The van der Waals surface area contributed by atoms with Gasteiger partial charge in [-0.1, -0.05) is 7.43 Å². The van der Waals surface area contributed by atoms with Gasteiger partial charge in [0.25, 0.3) is 0 Å². The number of fused-ring (bicyclic) bond motifs is 2. The average molecular weight is 837 g/mol. The molecule has 0 bridgehead atoms. The number of amides is 2. The molecule has 4 heterocycles. The summed E-state index contributed by atoms with van der Waals surface area (Å²) in [5.74, 6) is -2.38. The van der Waals surface area contributed by atoms with Crippen molar-refractivity contribution in [3.05, 3.63) is 96.6 Å². The molecule has 8 rings (SSSR count). The predicted octanol–water partition coefficient (Wildman–Crippen LogP) is 7.32. The second-order valence-corrected chi connectivity index (χ2v) is 16.1. The van der Waals surface area contributed by atoms with Gasteiger partial charge in [0.15, 0.2) is 0 Å². The molecule has 0 radical (unpaired) electrons. The highest BCUT2D eigenvalue weighted by atomic mass is 19.1. The molecule has 61 heavy (non-hydrogen) atoms. The van der Waals surface area contributed by atoms with Gasteiger partial charge in [-0.25, -0.2) is 8.78 Å². The van der Waals surface area contributed by atoms with Gasteiger partial charge in [0.05, 0.1) is 47.3 Å². The zero-order chi connectivity index (χ0) is 42.6. The van der Waals surface area contributed by atoms with Gasteiger partial charge in [-0.05, 0) is 132 Å². The third kappa shape index (κ3) is 11.2. The van der Waals surface area contributed by atoms with Crippen LogP contribution in [0.1, 0.15) is 41.0 Å². The summed E-state index contributed by atoms with van der Waals surface area (Å²) >= 11 is 0. The number of carbonyl (C=O) groups is 4. The van der Waals surface area contributed by atoms with Crippen molar-refractivity contribution in [2.75, 3.05) is 49.9 Å². The molecule has 2 aliphatic rings. The van der Waals surface area contributed by atoms with Crippen molar-refractivity contribution in [2.45, 2.75) is 46.6 Å². The SMILES string of the molecule is C.CC(C)(C)OC(=O)CN1CCC(C(=O)Nc2ccc3c(-c4ccc(F)cc4)n[nH]c3c2)C1.O=C(O)CN1CCC(C(=O)Nc2ccc3c(-c4ccc(F)cc4)n[nH]c3c2)C1. The van der Waals surface area contributed by atoms with Gasteiger partial charge >= 0.3 is 11.9 Å². The second kappa shape index (κ2) is 18.8. The molecule has 2 aliphatic heterocycles. The minimum absolute atomic E-state index is 0. The summed E-state index contributed by atoms with van der Waals surface area (Å²) < 4.78 is 31.7. The van der Waals surface area contributed by atoms with Gasteiger partial charge in [-0.3, -0.25) is 39.2 Å². The van der Waals surface area contributed by atoms with E-state index in [1.54, 1.807) is 41.3 Å². The number of hydrogen-bond acceptors (Lipinski definition) is 9. The normalized spacial score (nSPS) is 16.7. The van der Waals surface area contributed by atoms with Crippen LogP contribution in [0.4, 0.5) is 20.2 Å². The van der Waals surface area contributed by atoms with Crippen LogP contribution in [0, 0.1) is 23.5 Å². The highest BCUT2D eigenvalue weighted by Gasteiger charge is 2.31. The highest BCUT2D eigenvalue weighted by molar-refractivity contribution is 6.00. The number of nitrogens with zero attached hydrogens (tertiary/aromatic N) is 4. The number of anilines is 2. The number of aliphatic carboxylic acids is 1. The van der Waals surface area contributed by atoms with Gasteiger partial charge in [0.2, 0.25) is 11.8 Å². The molecule has 2 fully saturated rings. The Morgan fingerprint density at radius 1 is 0.705 bits per heavy atom. The average Bonchev–Trinajstić information content (AvgIpc) is 4.02. The van der Waals surface area contributed by atoms with Crippen molar-refractivity contribution in [3.63, 3.8) is 0 Å². The molecule has 2 amide bonds. The summed E-state index contributed by atoms with van der Waals surface area (Å²) in [6.07, 6.45) is 1.33. The number of benzene rings is 4. The van der Waals surface area contributed by atoms with Gasteiger partial charge < -0.3 is 20.5 Å². The maximum absolute atomic E-state index is 13.2. The lowest BCUT2D eigenvalue weighted by molar-refractivity contribution is -0.156. The van der Waals surface area contributed by atoms with Crippen LogP contribution in [-0.4, -0.2) is 104 Å². The summed E-state index contributed by atoms with van der Waals surface area (Å²) in [7, 11) is 0. The van der Waals surface area contributed by atoms with Gasteiger partial charge in [-0.2, -0.15) is 10.2 Å². The van der Waals surface area contributed by atoms with Gasteiger partial charge in [-0.15, -0.1) is 0 Å². The topological polar surface area (TPSA) is 186 Å². The Balaban J connectivity index is 0.000000202. The maximum atomic E-state index is 13.2. The molecular weight excluding hydrogens is 787 g/mol. The zero-order valence-electron chi connectivity index (χ0n) is 33.4. The number of carboxylic acid groups (broad SMARTS) is 1. The Morgan fingerprint density at radius 2 is 1.13 bits per heavy atom. The molecule has 2 unspecified atom stereocenters. The van der Waals surface area contributed by atoms with E-state index in [-0.39, 0.29) is 61.8 Å². The Hall–Kier alpha value is -6.52. The van der Waals surface area contributed by atoms with Gasteiger partial charge in [0, 0.05) is 46.4 Å². The van der Waals surface area contributed by atoms with Gasteiger partial charge in [0.1, 0.15) is 17.2 Å². The minimum Gasteiger partial charge on any atom is -0.480 e. The van der Waals surface area contributed by atoms with E-state index in [1.165, 1.54) is 24.3 Å². The summed E-state index contributed by atoms with van der Waals surface area (Å²) in [6.45, 7) is 7.90. The smallest absolute Gasteiger partial charge is 0.320 e. The Kier molecular flexibility index (Phi) is 13.6. The minimum atomic E-state index is -0.886. The molecule has 16 heteroatoms. The van der Waals surface area contributed by atoms with E-state index >= 15 is 0 Å². The number of carbonyl (C=O) groups excluding carboxylic acids is 3. The van der Waals surface area contributed by atoms with Crippen LogP contribution in [-0.2, 0) is 23.9 Å². The number of carboxylic acids is 1. The number of esters is 1. The standard InChI is InChI=1S/C24H27FN4O3.C20H19FN4O3.CH4/c1-24(2,3)32-21(30)14-29-11-10-16(13-29)23(31)26-18-8-9-19-20(12-18)27-28-22(19)15-4-6-17(25)7-5-15;21-14-3-1-12(2-4-14)19-16-6-5-15(9-17(16)23-24-19)22-20(28)13-7-8-25(10-13)11-18(26)27;/h4-9,12,16H,10-11,13-14H2,1-3H3,(H,26,31)(H,27,28);1-6,9,13H,7-8,10-11H2,(H,22,28)(H,23,24)(H,26,27);1H4. The number of halogens is 2. The predicted molar refractivity (Wildman–Crippen MR) is 230 cm³/mol. The summed E-state index contributed by atoms with van der Waals surface area (Å²) in [6, 6.07) is 23.3. The number of hydrogen-bond donors (Lipinski definition) is 5. The number of rotatable bonds is 10. The van der Waals surface area contributed by atoms with Crippen LogP contribution in [0.15, 0.2) is 84.9 Å². The number of likely N-dealkylation sites (tertiary alicyclic amines) is 2. The van der Waals surface area contributed by atoms with E-state index in [4.69, 9.17) is 9.84 Å². The van der Waals surface area contributed by atoms with Crippen LogP contribution in [0.3, 0.4) is 0 Å². The fourth-order valence-corrected chi connectivity index (χ4v) is 7.47. The molecule has 2 saturated heterocycles. The van der Waals surface area contributed by atoms with Crippen molar-refractivity contribution >= 4 is 56.9 Å². The Morgan fingerprint density at radius 3 is 1.54 bits per heavy atom. The Labute approximate surface area is 351 Å². The fourth-order valence-electron chi connectivity index (χ4n) is 7.47. The van der Waals surface area contributed by atoms with E-state index < -0.39 is 11.6 Å². The van der Waals surface area contributed by atoms with E-state index in [1.807, 2.05) is 49.9 Å². The first-order chi connectivity index (χ1) is 28.7. The van der Waals surface area contributed by atoms with Crippen LogP contribution in [0.2, 0.25) is 0 Å². The molecule has 14 nitrogen and oxygen atoms in total. The molecular formula is C45H50F2N8O6. The van der Waals surface area contributed by atoms with E-state index in [0.29, 0.717) is 56.1 Å². The summed E-state index contributed by atoms with van der Waals surface area (Å²) in [5.41, 5.74) is 5.39. The molecule has 6 aromatic rings. The quantitative estimate of drug-likeness (QED) is 0.0876. The first-order valence-electron chi connectivity index (χ1n) is 19.7. The van der Waals surface area contributed by atoms with Crippen LogP contribution in [0.5, 0.6) is 0 Å². The first-order valence-corrected chi connectivity index (χ1v) is 19.7. The lowest BCUT2D eigenvalue weighted by Crippen LogP contribution is -2.34. The second-order valence-electron chi connectivity index (χ2n) is 16.1. The molecule has 2 aromatic heterocycles. The molecule has 320 valence electrons. The highest BCUT2D eigenvalue weighted by Crippen LogP contribution is 2.30. The molecule has 0 spiro atoms. The number of H-pyrrole nitrogens is 2. The van der Waals surface area contributed by atoms with Crippen LogP contribution >= 0.6 is 0 Å². The summed E-state index contributed by atoms with van der Waals surface area (Å²) in [5, 5.41) is 31.1. The maximum Gasteiger partial charge on any atom is 0.320 e. The van der Waals surface area contributed by atoms with Crippen molar-refractivity contribution in [1.29, 1.82) is 0 Å². The largest absolute Gasteiger partial charge is 0.480 e. The molecule has 0 saturated carbocycles. The molecule has 4 aromatic carbocycles.